The van der Waals surface area contributed by atoms with E-state index in [-0.39, 0.29) is 116 Å². The number of rotatable bonds is 42. The van der Waals surface area contributed by atoms with Crippen LogP contribution in [0.25, 0.3) is 0 Å². The summed E-state index contributed by atoms with van der Waals surface area (Å²) in [5.41, 5.74) is 28.2. The number of unbranched alkanes of at least 4 members (excludes halogenated alkanes) is 2. The van der Waals surface area contributed by atoms with Gasteiger partial charge in [-0.05, 0) is 151 Å². The molecule has 1 aliphatic heterocycles. The van der Waals surface area contributed by atoms with Gasteiger partial charge in [0.2, 0.25) is 0 Å². The largest absolute Gasteiger partial charge is 1.00 e. The molecule has 5 amide bonds. The van der Waals surface area contributed by atoms with E-state index in [2.05, 4.69) is 93.9 Å². The Morgan fingerprint density at radius 2 is 0.702 bits per heavy atom. The third kappa shape index (κ3) is 38.0. The molecule has 8 aromatic rings. The summed E-state index contributed by atoms with van der Waals surface area (Å²) in [6.45, 7) is 8.38. The number of aromatic nitrogens is 4. The minimum absolute atomic E-state index is 0. The number of hydrazone groups is 4. The van der Waals surface area contributed by atoms with Crippen molar-refractivity contribution in [1.82, 2.24) is 56.9 Å². The van der Waals surface area contributed by atoms with Gasteiger partial charge in [-0.25, -0.2) is 33.1 Å². The molecule has 0 bridgehead atoms. The molecule has 1 aliphatic rings. The molecular formula is C75H95N22NaO19S4. The summed E-state index contributed by atoms with van der Waals surface area (Å²) in [4.78, 5) is 91.6. The average molecular weight is 1760 g/mol. The van der Waals surface area contributed by atoms with Gasteiger partial charge in [-0.15, -0.1) is 5.06 Å². The second kappa shape index (κ2) is 54.1. The van der Waals surface area contributed by atoms with Crippen LogP contribution in [0.5, 0.6) is 0 Å². The Kier molecular flexibility index (Phi) is 45.7. The molecule has 0 aliphatic carbocycles. The van der Waals surface area contributed by atoms with Crippen molar-refractivity contribution >= 4 is 124 Å². The quantitative estimate of drug-likeness (QED) is 0.00628. The van der Waals surface area contributed by atoms with E-state index in [0.717, 1.165) is 76.9 Å². The van der Waals surface area contributed by atoms with Gasteiger partial charge in [-0.3, -0.25) is 59.3 Å². The van der Waals surface area contributed by atoms with Crippen LogP contribution in [0.4, 0.5) is 23.3 Å². The Bertz CT molecular complexity index is 5070. The average Bonchev–Trinajstić information content (AvgIpc) is 1.41. The number of anilines is 4. The van der Waals surface area contributed by atoms with Gasteiger partial charge < -0.3 is 58.5 Å². The number of benzene rings is 4. The van der Waals surface area contributed by atoms with Crippen molar-refractivity contribution < 1.29 is 115 Å². The van der Waals surface area contributed by atoms with Crippen LogP contribution in [0.2, 0.25) is 0 Å². The van der Waals surface area contributed by atoms with Gasteiger partial charge in [0.1, 0.15) is 48.1 Å². The zero-order valence-corrected chi connectivity index (χ0v) is 70.1. The van der Waals surface area contributed by atoms with Crippen molar-refractivity contribution in [2.24, 2.45) is 37.6 Å². The van der Waals surface area contributed by atoms with Crippen LogP contribution in [0, 0.1) is 0 Å². The molecule has 4 aromatic heterocycles. The number of imide groups is 1. The molecule has 0 atom stereocenters. The van der Waals surface area contributed by atoms with Gasteiger partial charge >= 0.3 is 35.5 Å². The van der Waals surface area contributed by atoms with Gasteiger partial charge in [-0.1, -0.05) is 80.2 Å². The molecule has 0 unspecified atom stereocenters. The van der Waals surface area contributed by atoms with Crippen molar-refractivity contribution in [1.29, 1.82) is 0 Å². The van der Waals surface area contributed by atoms with Crippen molar-refractivity contribution in [2.45, 2.75) is 78.4 Å². The smallest absolute Gasteiger partial charge is 0.744 e. The Morgan fingerprint density at radius 1 is 0.397 bits per heavy atom. The van der Waals surface area contributed by atoms with Crippen molar-refractivity contribution in [3.8, 4) is 0 Å². The summed E-state index contributed by atoms with van der Waals surface area (Å²) in [7, 11) is -17.8. The molecule has 4 aromatic carbocycles. The fourth-order valence-electron chi connectivity index (χ4n) is 9.77. The van der Waals surface area contributed by atoms with Gasteiger partial charge in [0.25, 0.3) is 59.9 Å². The molecule has 9 rings (SSSR count). The Morgan fingerprint density at radius 3 is 1.05 bits per heavy atom. The van der Waals surface area contributed by atoms with Gasteiger partial charge in [0.05, 0.1) is 52.0 Å². The predicted molar refractivity (Wildman–Crippen MR) is 449 cm³/mol. The number of hydrogen-bond donors (Lipinski definition) is 16. The van der Waals surface area contributed by atoms with Crippen LogP contribution in [-0.4, -0.2) is 216 Å². The maximum atomic E-state index is 12.4. The maximum absolute atomic E-state index is 12.4. The summed E-state index contributed by atoms with van der Waals surface area (Å²) in [6, 6.07) is 35.2. The van der Waals surface area contributed by atoms with Crippen LogP contribution in [0.1, 0.15) is 122 Å². The first-order valence-corrected chi connectivity index (χ1v) is 42.1. The van der Waals surface area contributed by atoms with Crippen LogP contribution >= 0.6 is 0 Å². The molecule has 0 spiro atoms. The molecule has 41 nitrogen and oxygen atoms in total. The molecule has 5 heterocycles. The number of hydroxylamine groups is 2. The van der Waals surface area contributed by atoms with Crippen LogP contribution in [-0.2, 0) is 54.9 Å². The Balaban J connectivity index is 0.000000379. The molecule has 121 heavy (non-hydrogen) atoms. The Hall–Kier alpha value is -11.2. The van der Waals surface area contributed by atoms with Crippen LogP contribution in [0.15, 0.2) is 210 Å². The third-order valence-electron chi connectivity index (χ3n) is 15.7. The number of pyridine rings is 4. The fraction of sp³-hybridized carbons (Fsp3) is 0.280. The number of nitrogens with one attached hydrogen (secondary N) is 10. The zero-order valence-electron chi connectivity index (χ0n) is 64.9. The zero-order chi connectivity index (χ0) is 86.5. The summed E-state index contributed by atoms with van der Waals surface area (Å²) in [5.74, 6) is -1.70. The van der Waals surface area contributed by atoms with E-state index in [4.69, 9.17) is 22.0 Å². The van der Waals surface area contributed by atoms with E-state index in [9.17, 15) is 80.6 Å². The summed E-state index contributed by atoms with van der Waals surface area (Å²) in [6.07, 6.45) is 15.8. The first kappa shape index (κ1) is 102. The molecule has 1 saturated heterocycles. The second-order valence-corrected chi connectivity index (χ2v) is 30.2. The number of carbonyl (C=O) groups excluding carboxylic acids is 6. The van der Waals surface area contributed by atoms with E-state index in [0.29, 0.717) is 91.4 Å². The van der Waals surface area contributed by atoms with Gasteiger partial charge in [0.15, 0.2) is 0 Å². The first-order chi connectivity index (χ1) is 57.0. The van der Waals surface area contributed by atoms with E-state index in [1.807, 2.05) is 0 Å². The van der Waals surface area contributed by atoms with E-state index < -0.39 is 63.2 Å². The predicted octanol–water partition coefficient (Wildman–Crippen LogP) is 0.790. The minimum atomic E-state index is -4.65. The van der Waals surface area contributed by atoms with Crippen molar-refractivity contribution in [3.63, 3.8) is 0 Å². The summed E-state index contributed by atoms with van der Waals surface area (Å²) in [5, 5.41) is 34.1. The monoisotopic (exact) mass is 1760 g/mol. The molecule has 46 heteroatoms. The number of carbonyl (C=O) groups is 6. The molecular weight excluding hydrogens is 1660 g/mol. The van der Waals surface area contributed by atoms with Crippen LogP contribution in [0.3, 0.4) is 0 Å². The van der Waals surface area contributed by atoms with Gasteiger partial charge in [-0.2, -0.15) is 45.7 Å². The van der Waals surface area contributed by atoms with Crippen molar-refractivity contribution in [3.05, 3.63) is 215 Å². The molecule has 644 valence electrons. The minimum Gasteiger partial charge on any atom is -0.744 e. The fourth-order valence-corrected chi connectivity index (χ4v) is 12.4. The number of hydrogen-bond acceptors (Lipinski definition) is 34. The molecule has 19 N–H and O–H groups in total. The molecule has 0 radical (unpaired) electrons. The standard InChI is InChI=1S/C33H37N9O8S2.C17H22N6O4S.C17H14N4O7S.C7H19N3.CH4.Na/c43-32(26-12-14-30(37-20-26)41-39-22-24-8-1-3-10-28(24)51(45,46)47)35-18-6-5-16-34-17-7-19-36-33(44)27-13-15-31(38-21-27)42-40-23-25-9-2-4-11-29(25)52(48,49)50;18-7-8-19-9-10-20-17(24)14-5-6-16(21-11-14)23-22-12-13-3-1-2-4-15(13)28(25,26)27;22-15-7-8-16(23)21(15)28-17(24)12-5-6-14(18-9-12)20-19-10-11-3-1-2-4-13(11)29(25,26)27;8-4-1-2-6-10-7-3-5-9;;/h1-4,8-15,20-23,34H,5-7,16-19H2,(H,35,43)(H,36,44)(H,37,41)(H,38,42)(H,45,46,47)(H,48,49,50);1-6,11-12,19H,7-10,18H2,(H,20,24)(H,21,23)(H,25,26,27);1-6,9-10H,7-8H2,(H,18,20)(H,25,26,27);10H,1-9H2;1H4;/q;;;;;+1/p-1. The third-order valence-corrected chi connectivity index (χ3v) is 19.4. The summed E-state index contributed by atoms with van der Waals surface area (Å²) < 4.78 is 130. The van der Waals surface area contributed by atoms with E-state index >= 15 is 0 Å². The van der Waals surface area contributed by atoms with E-state index in [1.54, 1.807) is 60.7 Å². The summed E-state index contributed by atoms with van der Waals surface area (Å²) >= 11 is 0. The molecule has 1 fully saturated rings. The second-order valence-electron chi connectivity index (χ2n) is 24.7. The van der Waals surface area contributed by atoms with Crippen LogP contribution < -0.4 is 100 Å². The number of amides is 5. The normalized spacial score (nSPS) is 12.0. The van der Waals surface area contributed by atoms with E-state index in [1.165, 1.54) is 123 Å². The number of nitrogens with zero attached hydrogens (tertiary/aromatic N) is 9. The first-order valence-electron chi connectivity index (χ1n) is 36.4. The maximum Gasteiger partial charge on any atom is 1.00 e. The Labute approximate surface area is 722 Å². The molecule has 0 saturated carbocycles. The topological polar surface area (TPSA) is 635 Å². The van der Waals surface area contributed by atoms with Crippen molar-refractivity contribution in [2.75, 3.05) is 100 Å². The van der Waals surface area contributed by atoms with Gasteiger partial charge in [0, 0.05) is 99.2 Å². The number of nitrogens with two attached hydrogens (primary N) is 3. The SMILES string of the molecule is C.NCCCCNCCCN.NCCNCCNC(=O)c1ccc(NN=Cc2ccccc2S(=O)(=O)O)nc1.O=C(NCCCCNCCCNC(=O)c1ccc(NN=Cc2ccccc2S(=O)(=O)O)nc1)c1ccc(NN=Cc2ccccc2S(=O)(=O)O)nc1.O=C(ON1C(=O)CCC1=O)c1ccc(NN=Cc2ccccc2S(=O)(=O)[O-])nc1.[Na+].